The Morgan fingerprint density at radius 3 is 2.11 bits per heavy atom. The number of likely N-dealkylation sites (N-methyl/N-ethyl adjacent to an activating group) is 1. The number of ether oxygens (including phenoxy) is 1. The predicted molar refractivity (Wildman–Crippen MR) is 172 cm³/mol. The highest BCUT2D eigenvalue weighted by molar-refractivity contribution is 6.07. The molecule has 0 aromatic heterocycles. The number of hydrogen-bond donors (Lipinski definition) is 2. The summed E-state index contributed by atoms with van der Waals surface area (Å²) in [5.41, 5.74) is 2.75. The van der Waals surface area contributed by atoms with Crippen molar-refractivity contribution < 1.29 is 19.1 Å². The number of carbonyl (C=O) groups is 3. The zero-order valence-corrected chi connectivity index (χ0v) is 26.2. The molecule has 1 aliphatic heterocycles. The van der Waals surface area contributed by atoms with Crippen molar-refractivity contribution in [1.82, 2.24) is 9.80 Å². The molecule has 10 heteroatoms. The van der Waals surface area contributed by atoms with Crippen molar-refractivity contribution in [2.45, 2.75) is 51.8 Å². The molecule has 230 valence electrons. The molecule has 0 bridgehead atoms. The Balaban J connectivity index is 1.46. The smallest absolute Gasteiger partial charge is 0.412 e. The zero-order valence-electron chi connectivity index (χ0n) is 26.2. The summed E-state index contributed by atoms with van der Waals surface area (Å²) >= 11 is 0. The molecule has 10 nitrogen and oxygen atoms in total. The fourth-order valence-corrected chi connectivity index (χ4v) is 5.41. The number of urea groups is 1. The lowest BCUT2D eigenvalue weighted by molar-refractivity contribution is 0.0635. The van der Waals surface area contributed by atoms with E-state index in [0.29, 0.717) is 43.0 Å². The van der Waals surface area contributed by atoms with Gasteiger partial charge in [-0.2, -0.15) is 5.26 Å². The molecule has 1 fully saturated rings. The van der Waals surface area contributed by atoms with Crippen LogP contribution in [0, 0.1) is 11.3 Å². The van der Waals surface area contributed by atoms with Crippen molar-refractivity contribution in [3.63, 3.8) is 0 Å². The minimum absolute atomic E-state index is 0.0988. The minimum Gasteiger partial charge on any atom is -0.444 e. The molecule has 4 amide bonds. The van der Waals surface area contributed by atoms with Crippen LogP contribution in [-0.2, 0) is 17.7 Å². The zero-order chi connectivity index (χ0) is 32.1. The number of hydrogen-bond acceptors (Lipinski definition) is 6. The molecule has 1 atom stereocenters. The number of nitriles is 1. The lowest BCUT2D eigenvalue weighted by Gasteiger charge is -2.35. The second-order valence-corrected chi connectivity index (χ2v) is 12.5. The normalized spacial score (nSPS) is 16.5. The maximum Gasteiger partial charge on any atom is 0.412 e. The Morgan fingerprint density at radius 2 is 1.55 bits per heavy atom. The fraction of sp³-hybridized carbons (Fsp3) is 0.353. The number of carbonyl (C=O) groups excluding carboxylic acids is 3. The molecule has 1 unspecified atom stereocenters. The summed E-state index contributed by atoms with van der Waals surface area (Å²) < 4.78 is 5.33. The van der Waals surface area contributed by atoms with E-state index in [-0.39, 0.29) is 11.9 Å². The van der Waals surface area contributed by atoms with E-state index in [9.17, 15) is 14.4 Å². The maximum atomic E-state index is 13.8. The molecule has 4 rings (SSSR count). The summed E-state index contributed by atoms with van der Waals surface area (Å²) in [5.74, 6) is -0.336. The lowest BCUT2D eigenvalue weighted by atomic mass is 9.99. The summed E-state index contributed by atoms with van der Waals surface area (Å²) in [4.78, 5) is 44.9. The molecule has 3 aromatic carbocycles. The molecule has 0 spiro atoms. The van der Waals surface area contributed by atoms with E-state index in [1.165, 1.54) is 0 Å². The van der Waals surface area contributed by atoms with Gasteiger partial charge in [-0.3, -0.25) is 15.0 Å². The van der Waals surface area contributed by atoms with E-state index in [4.69, 9.17) is 10.00 Å². The monoisotopic (exact) mass is 596 g/mol. The molecule has 1 heterocycles. The third-order valence-electron chi connectivity index (χ3n) is 7.07. The number of anilines is 3. The van der Waals surface area contributed by atoms with E-state index in [0.717, 1.165) is 16.8 Å². The third-order valence-corrected chi connectivity index (χ3v) is 7.07. The molecule has 1 aliphatic rings. The summed E-state index contributed by atoms with van der Waals surface area (Å²) in [6.45, 7) is 8.98. The van der Waals surface area contributed by atoms with Crippen LogP contribution in [0.2, 0.25) is 0 Å². The van der Waals surface area contributed by atoms with Gasteiger partial charge < -0.3 is 19.9 Å². The van der Waals surface area contributed by atoms with Crippen LogP contribution >= 0.6 is 0 Å². The Bertz CT molecular complexity index is 1540. The molecule has 0 saturated carbocycles. The summed E-state index contributed by atoms with van der Waals surface area (Å²) in [6, 6.07) is 23.7. The van der Waals surface area contributed by atoms with Crippen LogP contribution in [0.3, 0.4) is 0 Å². The topological polar surface area (TPSA) is 118 Å². The Labute approximate surface area is 259 Å². The SMILES string of the molecule is CN(C)CC1(C)CN(Cc2ccc(C(=O)Nc3ccccc3NC(=O)OC(C)(C)C)cc2)C(=O)N1c1ccc(CC#N)cc1. The van der Waals surface area contributed by atoms with Crippen LogP contribution in [0.5, 0.6) is 0 Å². The van der Waals surface area contributed by atoms with E-state index in [1.54, 1.807) is 57.2 Å². The average Bonchev–Trinajstić information content (AvgIpc) is 3.17. The standard InChI is InChI=1S/C34H40N6O4/c1-33(2,3)44-31(42)37-29-10-8-7-9-28(29)36-30(41)26-15-11-25(12-16-26)21-39-23-34(4,22-38(5)6)40(32(39)43)27-17-13-24(14-18-27)19-20-35/h7-18H,19,21-23H2,1-6H3,(H,36,41)(H,37,42). The summed E-state index contributed by atoms with van der Waals surface area (Å²) in [6.07, 6.45) is -0.296. The lowest BCUT2D eigenvalue weighted by Crippen LogP contribution is -2.51. The highest BCUT2D eigenvalue weighted by Gasteiger charge is 2.47. The van der Waals surface area contributed by atoms with E-state index >= 15 is 0 Å². The van der Waals surface area contributed by atoms with Gasteiger partial charge in [0.05, 0.1) is 29.4 Å². The van der Waals surface area contributed by atoms with Gasteiger partial charge in [-0.1, -0.05) is 36.4 Å². The maximum absolute atomic E-state index is 13.8. The van der Waals surface area contributed by atoms with E-state index in [1.807, 2.05) is 60.3 Å². The van der Waals surface area contributed by atoms with Crippen molar-refractivity contribution in [2.24, 2.45) is 0 Å². The van der Waals surface area contributed by atoms with E-state index in [2.05, 4.69) is 28.5 Å². The second kappa shape index (κ2) is 13.2. The highest BCUT2D eigenvalue weighted by atomic mass is 16.6. The van der Waals surface area contributed by atoms with Crippen molar-refractivity contribution in [1.29, 1.82) is 5.26 Å². The fourth-order valence-electron chi connectivity index (χ4n) is 5.41. The largest absolute Gasteiger partial charge is 0.444 e. The van der Waals surface area contributed by atoms with Gasteiger partial charge in [-0.05, 0) is 89.3 Å². The first-order valence-electron chi connectivity index (χ1n) is 14.5. The number of rotatable bonds is 9. The minimum atomic E-state index is -0.656. The first-order valence-corrected chi connectivity index (χ1v) is 14.5. The van der Waals surface area contributed by atoms with Gasteiger partial charge in [0, 0.05) is 30.9 Å². The number of para-hydroxylation sites is 2. The molecule has 44 heavy (non-hydrogen) atoms. The number of nitrogens with zero attached hydrogens (tertiary/aromatic N) is 4. The van der Waals surface area contributed by atoms with Crippen LogP contribution in [0.1, 0.15) is 49.2 Å². The molecule has 3 aromatic rings. The van der Waals surface area contributed by atoms with Gasteiger partial charge in [-0.15, -0.1) is 0 Å². The first-order chi connectivity index (χ1) is 20.8. The van der Waals surface area contributed by atoms with Crippen molar-refractivity contribution in [3.05, 3.63) is 89.5 Å². The van der Waals surface area contributed by atoms with Gasteiger partial charge in [-0.25, -0.2) is 9.59 Å². The number of amides is 4. The Hall–Kier alpha value is -4.88. The van der Waals surface area contributed by atoms with Gasteiger partial charge in [0.25, 0.3) is 5.91 Å². The van der Waals surface area contributed by atoms with Gasteiger partial charge in [0.15, 0.2) is 0 Å². The highest BCUT2D eigenvalue weighted by Crippen LogP contribution is 2.34. The van der Waals surface area contributed by atoms with Gasteiger partial charge in [0.2, 0.25) is 0 Å². The van der Waals surface area contributed by atoms with Crippen LogP contribution in [-0.4, -0.2) is 66.2 Å². The molecule has 0 radical (unpaired) electrons. The van der Waals surface area contributed by atoms with Crippen molar-refractivity contribution in [2.75, 3.05) is 42.7 Å². The molecular weight excluding hydrogens is 556 g/mol. The van der Waals surface area contributed by atoms with Crippen LogP contribution in [0.4, 0.5) is 26.7 Å². The van der Waals surface area contributed by atoms with Crippen molar-refractivity contribution in [3.8, 4) is 6.07 Å². The van der Waals surface area contributed by atoms with Crippen LogP contribution in [0.15, 0.2) is 72.8 Å². The Morgan fingerprint density at radius 1 is 0.955 bits per heavy atom. The molecule has 1 saturated heterocycles. The van der Waals surface area contributed by atoms with Crippen LogP contribution < -0.4 is 15.5 Å². The van der Waals surface area contributed by atoms with Crippen LogP contribution in [0.25, 0.3) is 0 Å². The molecule has 0 aliphatic carbocycles. The summed E-state index contributed by atoms with van der Waals surface area (Å²) in [7, 11) is 3.98. The van der Waals surface area contributed by atoms with Gasteiger partial charge in [0.1, 0.15) is 5.60 Å². The van der Waals surface area contributed by atoms with Gasteiger partial charge >= 0.3 is 12.1 Å². The summed E-state index contributed by atoms with van der Waals surface area (Å²) in [5, 5.41) is 14.6. The van der Waals surface area contributed by atoms with E-state index < -0.39 is 17.2 Å². The number of benzene rings is 3. The third kappa shape index (κ3) is 7.94. The molecule has 2 N–H and O–H groups in total. The second-order valence-electron chi connectivity index (χ2n) is 12.5. The molecular formula is C34H40N6O4. The van der Waals surface area contributed by atoms with Crippen molar-refractivity contribution >= 4 is 35.1 Å². The first kappa shape index (κ1) is 32.0. The average molecular weight is 597 g/mol. The quantitative estimate of drug-likeness (QED) is 0.308. The predicted octanol–water partition coefficient (Wildman–Crippen LogP) is 6.11. The Kier molecular flexibility index (Phi) is 9.60. The number of nitrogens with one attached hydrogen (secondary N) is 2.